The van der Waals surface area contributed by atoms with Crippen LogP contribution in [0.1, 0.15) is 77.1 Å². The highest BCUT2D eigenvalue weighted by Crippen LogP contribution is 2.68. The van der Waals surface area contributed by atoms with Crippen LogP contribution in [0.25, 0.3) is 0 Å². The van der Waals surface area contributed by atoms with Gasteiger partial charge in [0.2, 0.25) is 15.9 Å². The van der Waals surface area contributed by atoms with Gasteiger partial charge in [-0.25, -0.2) is 12.8 Å². The molecule has 13 heteroatoms. The maximum atomic E-state index is 15.8. The molecule has 1 amide bonds. The van der Waals surface area contributed by atoms with Crippen molar-refractivity contribution in [3.63, 3.8) is 0 Å². The fourth-order valence-electron chi connectivity index (χ4n) is 10.3. The van der Waals surface area contributed by atoms with Crippen molar-refractivity contribution in [2.24, 2.45) is 39.9 Å². The Morgan fingerprint density at radius 2 is 1.76 bits per heavy atom. The SMILES string of the molecule is C=C[C@]1(C)C[C@@H](OC(=O)C2C(=O)c3cc(F)c(N4CCN(S(C)(=O)=O)CC4)cc3N(CC)C2=O)[C@]2(C)C(C)CC[C@]3(CCC(=O)C32)[C@@H](C)[C@@H]1O. The first-order valence-corrected chi connectivity index (χ1v) is 19.6. The largest absolute Gasteiger partial charge is 0.461 e. The zero-order chi connectivity index (χ0) is 36.7. The summed E-state index contributed by atoms with van der Waals surface area (Å²) in [4.78, 5) is 59.1. The molecule has 3 aliphatic carbocycles. The van der Waals surface area contributed by atoms with Crippen molar-refractivity contribution in [3.05, 3.63) is 36.2 Å². The monoisotopic (exact) mass is 715 g/mol. The molecule has 274 valence electrons. The molecule has 1 N–H and O–H groups in total. The Kier molecular flexibility index (Phi) is 9.16. The Labute approximate surface area is 294 Å². The van der Waals surface area contributed by atoms with Crippen molar-refractivity contribution >= 4 is 44.8 Å². The quantitative estimate of drug-likeness (QED) is 0.263. The summed E-state index contributed by atoms with van der Waals surface area (Å²) in [6.07, 6.45) is 3.67. The van der Waals surface area contributed by atoms with Crippen molar-refractivity contribution in [2.45, 2.75) is 78.9 Å². The van der Waals surface area contributed by atoms with Gasteiger partial charge in [0.25, 0.3) is 0 Å². The smallest absolute Gasteiger partial charge is 0.326 e. The van der Waals surface area contributed by atoms with Crippen LogP contribution in [0.3, 0.4) is 0 Å². The molecule has 3 saturated carbocycles. The third-order valence-corrected chi connectivity index (χ3v) is 14.9. The van der Waals surface area contributed by atoms with E-state index in [0.717, 1.165) is 25.2 Å². The average Bonchev–Trinajstić information content (AvgIpc) is 3.43. The van der Waals surface area contributed by atoms with Crippen molar-refractivity contribution < 1.29 is 41.8 Å². The lowest BCUT2D eigenvalue weighted by molar-refractivity contribution is -0.208. The lowest BCUT2D eigenvalue weighted by Gasteiger charge is -2.61. The van der Waals surface area contributed by atoms with E-state index in [4.69, 9.17) is 4.74 Å². The highest BCUT2D eigenvalue weighted by atomic mass is 32.2. The zero-order valence-electron chi connectivity index (χ0n) is 29.9. The predicted octanol–water partition coefficient (Wildman–Crippen LogP) is 3.98. The molecule has 0 spiro atoms. The number of piperazine rings is 1. The standard InChI is InChI=1S/C37H50FN3O8S/c1-8-35(5)20-28(36(6)21(3)10-12-37(22(4)32(35)44)13-11-27(42)31(36)37)49-34(46)29-30(43)23-18-24(38)26(19-25(23)41(9-2)33(29)45)39-14-16-40(17-15-39)50(7,47)48/h8,18-19,21-22,28-29,31-32,44H,1,9-17,20H2,2-7H3/t21?,22-,28+,29?,31?,32-,35+,36-,37-/m0/s1. The number of fused-ring (bicyclic) bond motifs is 1. The molecule has 2 bridgehead atoms. The van der Waals surface area contributed by atoms with E-state index in [0.29, 0.717) is 12.8 Å². The minimum absolute atomic E-state index is 0.0468. The van der Waals surface area contributed by atoms with Crippen LogP contribution in [0.5, 0.6) is 0 Å². The molecule has 2 heterocycles. The second kappa shape index (κ2) is 12.5. The normalized spacial score (nSPS) is 37.9. The van der Waals surface area contributed by atoms with Crippen LogP contribution < -0.4 is 9.80 Å². The number of aliphatic hydroxyl groups excluding tert-OH is 1. The van der Waals surface area contributed by atoms with Gasteiger partial charge in [0.15, 0.2) is 11.7 Å². The van der Waals surface area contributed by atoms with Crippen molar-refractivity contribution in [3.8, 4) is 0 Å². The Hall–Kier alpha value is -3.16. The summed E-state index contributed by atoms with van der Waals surface area (Å²) >= 11 is 0. The summed E-state index contributed by atoms with van der Waals surface area (Å²) < 4.78 is 47.4. The summed E-state index contributed by atoms with van der Waals surface area (Å²) in [5.74, 6) is -5.97. The number of rotatable bonds is 6. The Balaban J connectivity index is 1.35. The number of nitrogens with zero attached hydrogens (tertiary/aromatic N) is 3. The van der Waals surface area contributed by atoms with E-state index in [2.05, 4.69) is 13.5 Å². The molecule has 5 aliphatic rings. The number of carbonyl (C=O) groups excluding carboxylic acids is 4. The molecule has 9 atom stereocenters. The van der Waals surface area contributed by atoms with Gasteiger partial charge in [-0.05, 0) is 62.0 Å². The van der Waals surface area contributed by atoms with Crippen LogP contribution in [0, 0.1) is 45.7 Å². The number of hydrogen-bond acceptors (Lipinski definition) is 9. The molecule has 11 nitrogen and oxygen atoms in total. The minimum atomic E-state index is -3.41. The number of aliphatic hydroxyl groups is 1. The van der Waals surface area contributed by atoms with Crippen LogP contribution in [-0.4, -0.2) is 92.5 Å². The first-order chi connectivity index (χ1) is 23.4. The Morgan fingerprint density at radius 3 is 2.36 bits per heavy atom. The van der Waals surface area contributed by atoms with Crippen LogP contribution in [0.15, 0.2) is 24.8 Å². The number of ketones is 2. The van der Waals surface area contributed by atoms with Gasteiger partial charge in [0.05, 0.1) is 23.7 Å². The summed E-state index contributed by atoms with van der Waals surface area (Å²) in [5.41, 5.74) is -2.05. The maximum absolute atomic E-state index is 15.8. The van der Waals surface area contributed by atoms with E-state index in [9.17, 15) is 32.7 Å². The third-order valence-electron chi connectivity index (χ3n) is 13.6. The number of anilines is 2. The highest BCUT2D eigenvalue weighted by Gasteiger charge is 2.68. The van der Waals surface area contributed by atoms with Gasteiger partial charge in [-0.2, -0.15) is 4.31 Å². The highest BCUT2D eigenvalue weighted by molar-refractivity contribution is 7.88. The Bertz CT molecular complexity index is 1740. The first kappa shape index (κ1) is 36.6. The minimum Gasteiger partial charge on any atom is -0.461 e. The number of carbonyl (C=O) groups is 4. The van der Waals surface area contributed by atoms with Crippen molar-refractivity contribution in [2.75, 3.05) is 48.8 Å². The second-order valence-electron chi connectivity index (χ2n) is 15.9. The summed E-state index contributed by atoms with van der Waals surface area (Å²) in [7, 11) is -3.41. The third kappa shape index (κ3) is 5.36. The lowest BCUT2D eigenvalue weighted by atomic mass is 9.44. The molecule has 1 saturated heterocycles. The molecule has 3 unspecified atom stereocenters. The lowest BCUT2D eigenvalue weighted by Crippen LogP contribution is -2.63. The van der Waals surface area contributed by atoms with E-state index in [1.807, 2.05) is 20.8 Å². The molecule has 0 aromatic heterocycles. The fourth-order valence-corrected chi connectivity index (χ4v) is 11.1. The topological polar surface area (TPSA) is 142 Å². The molecule has 4 fully saturated rings. The van der Waals surface area contributed by atoms with Crippen LogP contribution in [0.2, 0.25) is 0 Å². The molecule has 1 aromatic carbocycles. The van der Waals surface area contributed by atoms with E-state index < -0.39 is 73.8 Å². The van der Waals surface area contributed by atoms with Gasteiger partial charge in [-0.15, -0.1) is 6.58 Å². The molecule has 2 aliphatic heterocycles. The summed E-state index contributed by atoms with van der Waals surface area (Å²) in [5, 5.41) is 11.8. The molecule has 6 rings (SSSR count). The number of hydrogen-bond donors (Lipinski definition) is 1. The predicted molar refractivity (Wildman–Crippen MR) is 186 cm³/mol. The molecule has 1 aromatic rings. The van der Waals surface area contributed by atoms with Crippen LogP contribution in [-0.2, 0) is 29.1 Å². The van der Waals surface area contributed by atoms with Gasteiger partial charge in [-0.1, -0.05) is 33.8 Å². The number of benzene rings is 1. The van der Waals surface area contributed by atoms with Crippen LogP contribution >= 0.6 is 0 Å². The summed E-state index contributed by atoms with van der Waals surface area (Å²) in [6.45, 7) is 14.5. The van der Waals surface area contributed by atoms with Gasteiger partial charge in [0.1, 0.15) is 17.7 Å². The zero-order valence-corrected chi connectivity index (χ0v) is 30.7. The number of amides is 1. The average molecular weight is 716 g/mol. The van der Waals surface area contributed by atoms with E-state index in [1.54, 1.807) is 17.9 Å². The fraction of sp³-hybridized carbons (Fsp3) is 0.676. The summed E-state index contributed by atoms with van der Waals surface area (Å²) in [6, 6.07) is 2.47. The number of sulfonamides is 1. The Morgan fingerprint density at radius 1 is 1.10 bits per heavy atom. The van der Waals surface area contributed by atoms with Gasteiger partial charge in [-0.3, -0.25) is 19.2 Å². The van der Waals surface area contributed by atoms with Crippen molar-refractivity contribution in [1.29, 1.82) is 0 Å². The van der Waals surface area contributed by atoms with E-state index in [-0.39, 0.29) is 73.7 Å². The van der Waals surface area contributed by atoms with Crippen molar-refractivity contribution in [1.82, 2.24) is 4.31 Å². The first-order valence-electron chi connectivity index (χ1n) is 17.8. The number of halogens is 1. The molecular weight excluding hydrogens is 665 g/mol. The van der Waals surface area contributed by atoms with Gasteiger partial charge in [0, 0.05) is 61.5 Å². The number of Topliss-reactive ketones (excluding diaryl/α,β-unsaturated/α-hetero) is 2. The second-order valence-corrected chi connectivity index (χ2v) is 17.8. The molecule has 0 radical (unpaired) electrons. The maximum Gasteiger partial charge on any atom is 0.326 e. The van der Waals surface area contributed by atoms with Gasteiger partial charge < -0.3 is 19.6 Å². The van der Waals surface area contributed by atoms with Gasteiger partial charge >= 0.3 is 5.97 Å². The van der Waals surface area contributed by atoms with E-state index >= 15 is 4.39 Å². The van der Waals surface area contributed by atoms with E-state index in [1.165, 1.54) is 15.3 Å². The molecule has 50 heavy (non-hydrogen) atoms. The number of esters is 1. The molecular formula is C37H50FN3O8S. The van der Waals surface area contributed by atoms with Crippen LogP contribution in [0.4, 0.5) is 15.8 Å². The number of ether oxygens (including phenoxy) is 1.